The van der Waals surface area contributed by atoms with E-state index in [1.54, 1.807) is 4.31 Å². The van der Waals surface area contributed by atoms with Gasteiger partial charge < -0.3 is 0 Å². The van der Waals surface area contributed by atoms with Crippen LogP contribution in [0, 0.1) is 0 Å². The van der Waals surface area contributed by atoms with E-state index >= 15 is 0 Å². The van der Waals surface area contributed by atoms with Gasteiger partial charge in [0.15, 0.2) is 0 Å². The van der Waals surface area contributed by atoms with Crippen molar-refractivity contribution in [2.75, 3.05) is 6.54 Å². The van der Waals surface area contributed by atoms with Crippen molar-refractivity contribution >= 4 is 10.0 Å². The van der Waals surface area contributed by atoms with Crippen molar-refractivity contribution in [1.82, 2.24) is 4.31 Å². The maximum atomic E-state index is 13.7. The van der Waals surface area contributed by atoms with Crippen molar-refractivity contribution in [2.24, 2.45) is 0 Å². The molecule has 1 aliphatic rings. The second kappa shape index (κ2) is 7.79. The lowest BCUT2D eigenvalue weighted by Crippen LogP contribution is -2.42. The van der Waals surface area contributed by atoms with Gasteiger partial charge in [0.25, 0.3) is 0 Å². The Labute approximate surface area is 154 Å². The zero-order valence-corrected chi connectivity index (χ0v) is 17.8. The minimum atomic E-state index is -3.47. The van der Waals surface area contributed by atoms with Gasteiger partial charge in [-0.1, -0.05) is 60.1 Å². The van der Waals surface area contributed by atoms with Crippen LogP contribution in [0.5, 0.6) is 0 Å². The fourth-order valence-corrected chi connectivity index (χ4v) is 6.10. The molecule has 1 aliphatic heterocycles. The van der Waals surface area contributed by atoms with Crippen LogP contribution in [0.2, 0.25) is 0 Å². The molecule has 25 heavy (non-hydrogen) atoms. The molecule has 1 atom stereocenters. The van der Waals surface area contributed by atoms with Crippen LogP contribution in [0.1, 0.15) is 102 Å². The average Bonchev–Trinajstić information content (AvgIpc) is 2.53. The standard InChI is InChI=1S/C21H35NO2S/c1-14(2)18-12-19(15(3)4)21(20(13-18)16(5)6)25(23,24)22-11-9-8-10-17(22)7/h12-17H,8-11H2,1-7H3/t17-/m0/s1. The molecule has 0 unspecified atom stereocenters. The first-order valence-electron chi connectivity index (χ1n) is 9.76. The van der Waals surface area contributed by atoms with Crippen molar-refractivity contribution in [3.05, 3.63) is 28.8 Å². The molecule has 0 N–H and O–H groups in total. The van der Waals surface area contributed by atoms with Crippen LogP contribution in [0.25, 0.3) is 0 Å². The summed E-state index contributed by atoms with van der Waals surface area (Å²) in [6.07, 6.45) is 3.03. The van der Waals surface area contributed by atoms with Crippen molar-refractivity contribution in [3.63, 3.8) is 0 Å². The summed E-state index contributed by atoms with van der Waals surface area (Å²) in [4.78, 5) is 0.579. The van der Waals surface area contributed by atoms with E-state index < -0.39 is 10.0 Å². The van der Waals surface area contributed by atoms with Gasteiger partial charge in [0.05, 0.1) is 4.90 Å². The molecule has 4 heteroatoms. The summed E-state index contributed by atoms with van der Waals surface area (Å²) in [7, 11) is -3.47. The summed E-state index contributed by atoms with van der Waals surface area (Å²) in [6.45, 7) is 15.4. The summed E-state index contributed by atoms with van der Waals surface area (Å²) in [6, 6.07) is 4.34. The Morgan fingerprint density at radius 2 is 1.44 bits per heavy atom. The third-order valence-corrected chi connectivity index (χ3v) is 7.54. The maximum absolute atomic E-state index is 13.7. The predicted molar refractivity (Wildman–Crippen MR) is 106 cm³/mol. The Hall–Kier alpha value is -0.870. The molecule has 1 aromatic carbocycles. The van der Waals surface area contributed by atoms with Crippen molar-refractivity contribution < 1.29 is 8.42 Å². The van der Waals surface area contributed by atoms with E-state index in [9.17, 15) is 8.42 Å². The highest BCUT2D eigenvalue weighted by atomic mass is 32.2. The molecular weight excluding hydrogens is 330 g/mol. The first kappa shape index (κ1) is 20.4. The van der Waals surface area contributed by atoms with Gasteiger partial charge in [0.1, 0.15) is 0 Å². The molecule has 0 bridgehead atoms. The highest BCUT2D eigenvalue weighted by Crippen LogP contribution is 2.38. The number of piperidine rings is 1. The number of hydrogen-bond donors (Lipinski definition) is 0. The molecule has 3 nitrogen and oxygen atoms in total. The van der Waals surface area contributed by atoms with Gasteiger partial charge in [-0.3, -0.25) is 0 Å². The van der Waals surface area contributed by atoms with Crippen LogP contribution in [-0.2, 0) is 10.0 Å². The Bertz CT molecular complexity index is 676. The minimum Gasteiger partial charge on any atom is -0.207 e. The molecule has 1 fully saturated rings. The Morgan fingerprint density at radius 3 is 1.84 bits per heavy atom. The lowest BCUT2D eigenvalue weighted by Gasteiger charge is -2.34. The zero-order chi connectivity index (χ0) is 18.9. The second-order valence-electron chi connectivity index (χ2n) is 8.45. The highest BCUT2D eigenvalue weighted by molar-refractivity contribution is 7.89. The summed E-state index contributed by atoms with van der Waals surface area (Å²) >= 11 is 0. The monoisotopic (exact) mass is 365 g/mol. The number of nitrogens with zero attached hydrogens (tertiary/aromatic N) is 1. The normalized spacial score (nSPS) is 20.0. The lowest BCUT2D eigenvalue weighted by atomic mass is 9.89. The summed E-state index contributed by atoms with van der Waals surface area (Å²) in [5, 5.41) is 0. The van der Waals surface area contributed by atoms with Crippen molar-refractivity contribution in [1.29, 1.82) is 0 Å². The SMILES string of the molecule is CC(C)c1cc(C(C)C)c(S(=O)(=O)N2CCCC[C@@H]2C)c(C(C)C)c1. The van der Waals surface area contributed by atoms with E-state index in [1.807, 2.05) is 6.92 Å². The van der Waals surface area contributed by atoms with Gasteiger partial charge in [-0.2, -0.15) is 4.31 Å². The highest BCUT2D eigenvalue weighted by Gasteiger charge is 2.35. The van der Waals surface area contributed by atoms with Crippen LogP contribution in [-0.4, -0.2) is 25.3 Å². The number of benzene rings is 1. The molecule has 0 radical (unpaired) electrons. The van der Waals surface area contributed by atoms with Crippen LogP contribution < -0.4 is 0 Å². The first-order valence-corrected chi connectivity index (χ1v) is 11.2. The molecule has 1 heterocycles. The molecule has 0 spiro atoms. The van der Waals surface area contributed by atoms with E-state index in [0.29, 0.717) is 17.4 Å². The van der Waals surface area contributed by atoms with E-state index in [1.165, 1.54) is 5.56 Å². The van der Waals surface area contributed by atoms with Crippen molar-refractivity contribution in [2.45, 2.75) is 96.4 Å². The number of rotatable bonds is 5. The topological polar surface area (TPSA) is 37.4 Å². The second-order valence-corrected chi connectivity index (χ2v) is 10.3. The van der Waals surface area contributed by atoms with Gasteiger partial charge >= 0.3 is 0 Å². The Kier molecular flexibility index (Phi) is 6.37. The summed E-state index contributed by atoms with van der Waals surface area (Å²) < 4.78 is 29.1. The van der Waals surface area contributed by atoms with E-state index in [0.717, 1.165) is 30.4 Å². The molecule has 0 aliphatic carbocycles. The first-order chi connectivity index (χ1) is 11.6. The van der Waals surface area contributed by atoms with Crippen LogP contribution in [0.4, 0.5) is 0 Å². The Morgan fingerprint density at radius 1 is 0.920 bits per heavy atom. The van der Waals surface area contributed by atoms with E-state index in [4.69, 9.17) is 0 Å². The van der Waals surface area contributed by atoms with Crippen molar-refractivity contribution in [3.8, 4) is 0 Å². The molecule has 0 saturated carbocycles. The molecule has 0 aromatic heterocycles. The smallest absolute Gasteiger partial charge is 0.207 e. The fraction of sp³-hybridized carbons (Fsp3) is 0.714. The lowest BCUT2D eigenvalue weighted by molar-refractivity contribution is 0.268. The molecule has 1 aromatic rings. The summed E-state index contributed by atoms with van der Waals surface area (Å²) in [5.41, 5.74) is 3.19. The molecule has 1 saturated heterocycles. The third-order valence-electron chi connectivity index (χ3n) is 5.39. The largest absolute Gasteiger partial charge is 0.243 e. The number of sulfonamides is 1. The maximum Gasteiger partial charge on any atom is 0.243 e. The van der Waals surface area contributed by atoms with Gasteiger partial charge in [0.2, 0.25) is 10.0 Å². The molecular formula is C21H35NO2S. The van der Waals surface area contributed by atoms with Gasteiger partial charge in [0, 0.05) is 12.6 Å². The van der Waals surface area contributed by atoms with Crippen LogP contribution in [0.3, 0.4) is 0 Å². The molecule has 2 rings (SSSR count). The van der Waals surface area contributed by atoms with Gasteiger partial charge in [-0.25, -0.2) is 8.42 Å². The van der Waals surface area contributed by atoms with E-state index in [-0.39, 0.29) is 17.9 Å². The summed E-state index contributed by atoms with van der Waals surface area (Å²) in [5.74, 6) is 0.753. The minimum absolute atomic E-state index is 0.0866. The van der Waals surface area contributed by atoms with Crippen LogP contribution >= 0.6 is 0 Å². The third kappa shape index (κ3) is 4.11. The fourth-order valence-electron chi connectivity index (χ4n) is 3.73. The van der Waals surface area contributed by atoms with Gasteiger partial charge in [-0.15, -0.1) is 0 Å². The number of hydrogen-bond acceptors (Lipinski definition) is 2. The molecule has 0 amide bonds. The predicted octanol–water partition coefficient (Wildman–Crippen LogP) is 5.62. The zero-order valence-electron chi connectivity index (χ0n) is 17.0. The van der Waals surface area contributed by atoms with E-state index in [2.05, 4.69) is 53.7 Å². The quantitative estimate of drug-likeness (QED) is 0.679. The van der Waals surface area contributed by atoms with Crippen LogP contribution in [0.15, 0.2) is 17.0 Å². The Balaban J connectivity index is 2.73. The average molecular weight is 366 g/mol. The van der Waals surface area contributed by atoms with Gasteiger partial charge in [-0.05, 0) is 54.2 Å². The molecule has 142 valence electrons.